The van der Waals surface area contributed by atoms with Gasteiger partial charge in [-0.15, -0.1) is 0 Å². The molecule has 0 fully saturated rings. The Morgan fingerprint density at radius 3 is 1.91 bits per heavy atom. The minimum Gasteiger partial charge on any atom is -0.459 e. The summed E-state index contributed by atoms with van der Waals surface area (Å²) in [4.78, 5) is 2.31. The third-order valence-corrected chi connectivity index (χ3v) is 8.75. The number of furan rings is 2. The molecule has 2 aromatic heterocycles. The number of hydrogen-bond acceptors (Lipinski definition) is 4. The maximum Gasteiger partial charge on any atom is 0.135 e. The fourth-order valence-electron chi connectivity index (χ4n) is 6.49. The van der Waals surface area contributed by atoms with Gasteiger partial charge in [-0.2, -0.15) is 0 Å². The number of anilines is 3. The second kappa shape index (κ2) is 10.3. The van der Waals surface area contributed by atoms with Crippen LogP contribution in [0.2, 0.25) is 0 Å². The van der Waals surface area contributed by atoms with Crippen LogP contribution in [-0.2, 0) is 6.54 Å². The zero-order valence-corrected chi connectivity index (χ0v) is 24.4. The van der Waals surface area contributed by atoms with Crippen molar-refractivity contribution in [3.05, 3.63) is 157 Å². The lowest BCUT2D eigenvalue weighted by molar-refractivity contribution is 0.532. The van der Waals surface area contributed by atoms with E-state index in [0.29, 0.717) is 6.54 Å². The molecular formula is C41H28N2O2. The molecule has 9 rings (SSSR count). The van der Waals surface area contributed by atoms with Gasteiger partial charge in [0.1, 0.15) is 22.5 Å². The van der Waals surface area contributed by atoms with Gasteiger partial charge >= 0.3 is 0 Å². The van der Waals surface area contributed by atoms with E-state index >= 15 is 0 Å². The average molecular weight is 581 g/mol. The molecule has 1 aliphatic heterocycles. The highest BCUT2D eigenvalue weighted by Crippen LogP contribution is 2.40. The van der Waals surface area contributed by atoms with Gasteiger partial charge in [0, 0.05) is 38.8 Å². The first kappa shape index (κ1) is 25.5. The van der Waals surface area contributed by atoms with Crippen molar-refractivity contribution in [2.75, 3.05) is 4.90 Å². The van der Waals surface area contributed by atoms with Crippen molar-refractivity contribution in [1.29, 1.82) is 0 Å². The van der Waals surface area contributed by atoms with E-state index in [1.54, 1.807) is 0 Å². The third kappa shape index (κ3) is 4.38. The molecule has 4 nitrogen and oxygen atoms in total. The fraction of sp³-hybridized carbons (Fsp3) is 0.0244. The Labute approximate surface area is 260 Å². The highest BCUT2D eigenvalue weighted by Gasteiger charge is 2.17. The molecule has 45 heavy (non-hydrogen) atoms. The van der Waals surface area contributed by atoms with Gasteiger partial charge in [-0.05, 0) is 95.2 Å². The van der Waals surface area contributed by atoms with Crippen molar-refractivity contribution in [3.8, 4) is 22.3 Å². The van der Waals surface area contributed by atoms with E-state index in [9.17, 15) is 0 Å². The molecule has 0 amide bonds. The van der Waals surface area contributed by atoms with Gasteiger partial charge in [0.2, 0.25) is 0 Å². The predicted octanol–water partition coefficient (Wildman–Crippen LogP) is 11.2. The molecule has 0 radical (unpaired) electrons. The van der Waals surface area contributed by atoms with E-state index in [4.69, 9.17) is 8.83 Å². The highest BCUT2D eigenvalue weighted by molar-refractivity contribution is 6.06. The molecule has 0 unspecified atom stereocenters. The first-order chi connectivity index (χ1) is 22.3. The summed E-state index contributed by atoms with van der Waals surface area (Å²) in [6, 6.07) is 49.2. The van der Waals surface area contributed by atoms with Gasteiger partial charge < -0.3 is 19.1 Å². The van der Waals surface area contributed by atoms with Crippen molar-refractivity contribution in [2.24, 2.45) is 0 Å². The van der Waals surface area contributed by atoms with Gasteiger partial charge in [-0.1, -0.05) is 78.9 Å². The molecule has 4 heteroatoms. The first-order valence-electron chi connectivity index (χ1n) is 15.2. The molecule has 0 saturated heterocycles. The summed E-state index contributed by atoms with van der Waals surface area (Å²) in [5.74, 6) is 0.983. The number of fused-ring (bicyclic) bond motifs is 6. The van der Waals surface area contributed by atoms with Crippen molar-refractivity contribution in [1.82, 2.24) is 5.32 Å². The van der Waals surface area contributed by atoms with Gasteiger partial charge in [0.25, 0.3) is 0 Å². The average Bonchev–Trinajstić information content (AvgIpc) is 3.67. The number of nitrogens with one attached hydrogen (secondary N) is 1. The lowest BCUT2D eigenvalue weighted by atomic mass is 10.0. The predicted molar refractivity (Wildman–Crippen MR) is 185 cm³/mol. The lowest BCUT2D eigenvalue weighted by Gasteiger charge is -2.26. The Morgan fingerprint density at radius 1 is 0.467 bits per heavy atom. The summed E-state index contributed by atoms with van der Waals surface area (Å²) in [6.07, 6.45) is 4.07. The SMILES string of the molecule is C1=Cc2c(oc3cc(-c4ccc(N(c5ccc(-c6ccccc6)cc5)c5ccc6oc7ccccc7c6c5)cc4)ccc23)CN1. The Kier molecular flexibility index (Phi) is 5.85. The zero-order chi connectivity index (χ0) is 29.7. The van der Waals surface area contributed by atoms with Crippen molar-refractivity contribution < 1.29 is 8.83 Å². The molecule has 6 aromatic carbocycles. The van der Waals surface area contributed by atoms with E-state index in [0.717, 1.165) is 66.9 Å². The van der Waals surface area contributed by atoms with Crippen LogP contribution in [0.4, 0.5) is 17.1 Å². The molecule has 0 saturated carbocycles. The van der Waals surface area contributed by atoms with Gasteiger partial charge in [0.05, 0.1) is 6.54 Å². The Morgan fingerprint density at radius 2 is 1.11 bits per heavy atom. The van der Waals surface area contributed by atoms with E-state index in [1.807, 2.05) is 24.4 Å². The van der Waals surface area contributed by atoms with Gasteiger partial charge in [-0.25, -0.2) is 0 Å². The standard InChI is InChI=1S/C41H28N2O2/c1-2-6-27(7-3-1)28-10-15-31(16-11-28)43(33-19-21-39-37(25-33)34-8-4-5-9-38(34)44-39)32-17-12-29(13-18-32)30-14-20-35-36-22-23-42-26-41(36)45-40(35)24-30/h1-25,42H,26H2. The van der Waals surface area contributed by atoms with Crippen LogP contribution in [0.1, 0.15) is 11.3 Å². The highest BCUT2D eigenvalue weighted by atomic mass is 16.3. The molecule has 1 aliphatic rings. The van der Waals surface area contributed by atoms with Crippen LogP contribution >= 0.6 is 0 Å². The third-order valence-electron chi connectivity index (χ3n) is 8.75. The van der Waals surface area contributed by atoms with Crippen LogP contribution < -0.4 is 10.2 Å². The number of hydrogen-bond donors (Lipinski definition) is 1. The number of para-hydroxylation sites is 1. The van der Waals surface area contributed by atoms with Crippen LogP contribution in [0.25, 0.3) is 61.2 Å². The fourth-order valence-corrected chi connectivity index (χ4v) is 6.49. The molecule has 8 aromatic rings. The van der Waals surface area contributed by atoms with Crippen LogP contribution in [0.15, 0.2) is 155 Å². The number of benzene rings is 6. The Hall–Kier alpha value is -6.00. The zero-order valence-electron chi connectivity index (χ0n) is 24.4. The summed E-state index contributed by atoms with van der Waals surface area (Å²) >= 11 is 0. The summed E-state index contributed by atoms with van der Waals surface area (Å²) in [6.45, 7) is 0.715. The van der Waals surface area contributed by atoms with Gasteiger partial charge in [-0.3, -0.25) is 0 Å². The van der Waals surface area contributed by atoms with Crippen molar-refractivity contribution in [3.63, 3.8) is 0 Å². The molecule has 0 bridgehead atoms. The molecule has 1 N–H and O–H groups in total. The van der Waals surface area contributed by atoms with E-state index in [2.05, 4.69) is 138 Å². The van der Waals surface area contributed by atoms with Crippen LogP contribution in [0.5, 0.6) is 0 Å². The molecule has 0 atom stereocenters. The smallest absolute Gasteiger partial charge is 0.135 e. The molecule has 214 valence electrons. The largest absolute Gasteiger partial charge is 0.459 e. The van der Waals surface area contributed by atoms with Crippen LogP contribution in [-0.4, -0.2) is 0 Å². The topological polar surface area (TPSA) is 41.6 Å². The Bertz CT molecular complexity index is 2360. The first-order valence-corrected chi connectivity index (χ1v) is 15.2. The monoisotopic (exact) mass is 580 g/mol. The number of nitrogens with zero attached hydrogens (tertiary/aromatic N) is 1. The Balaban J connectivity index is 1.13. The maximum atomic E-state index is 6.20. The van der Waals surface area contributed by atoms with Crippen LogP contribution in [0, 0.1) is 0 Å². The van der Waals surface area contributed by atoms with E-state index in [1.165, 1.54) is 16.7 Å². The second-order valence-corrected chi connectivity index (χ2v) is 11.4. The summed E-state index contributed by atoms with van der Waals surface area (Å²) in [5.41, 5.74) is 11.7. The molecule has 3 heterocycles. The maximum absolute atomic E-state index is 6.20. The summed E-state index contributed by atoms with van der Waals surface area (Å²) in [7, 11) is 0. The number of rotatable bonds is 5. The lowest BCUT2D eigenvalue weighted by Crippen LogP contribution is -2.09. The summed E-state index contributed by atoms with van der Waals surface area (Å²) < 4.78 is 12.4. The molecule has 0 spiro atoms. The normalized spacial score (nSPS) is 12.4. The quantitative estimate of drug-likeness (QED) is 0.220. The van der Waals surface area contributed by atoms with Gasteiger partial charge in [0.15, 0.2) is 0 Å². The van der Waals surface area contributed by atoms with E-state index < -0.39 is 0 Å². The van der Waals surface area contributed by atoms with Crippen molar-refractivity contribution in [2.45, 2.75) is 6.54 Å². The molecular weight excluding hydrogens is 552 g/mol. The van der Waals surface area contributed by atoms with E-state index in [-0.39, 0.29) is 0 Å². The molecule has 0 aliphatic carbocycles. The minimum atomic E-state index is 0.715. The van der Waals surface area contributed by atoms with Crippen LogP contribution in [0.3, 0.4) is 0 Å². The summed E-state index contributed by atoms with van der Waals surface area (Å²) in [5, 5.41) is 6.60. The second-order valence-electron chi connectivity index (χ2n) is 11.4. The minimum absolute atomic E-state index is 0.715. The van der Waals surface area contributed by atoms with Crippen molar-refractivity contribution >= 4 is 56.0 Å².